The largest absolute Gasteiger partial charge is 0.476 e. The van der Waals surface area contributed by atoms with Crippen LogP contribution in [0.3, 0.4) is 0 Å². The summed E-state index contributed by atoms with van der Waals surface area (Å²) in [6.45, 7) is 1.65. The van der Waals surface area contributed by atoms with E-state index in [2.05, 4.69) is 22.6 Å². The Balaban J connectivity index is 1.49. The molecule has 0 aliphatic heterocycles. The summed E-state index contributed by atoms with van der Waals surface area (Å²) in [6, 6.07) is 16.1. The van der Waals surface area contributed by atoms with E-state index in [9.17, 15) is 9.59 Å². The van der Waals surface area contributed by atoms with E-state index in [-0.39, 0.29) is 29.7 Å². The van der Waals surface area contributed by atoms with Crippen molar-refractivity contribution in [3.8, 4) is 11.1 Å². The SMILES string of the molecule is Cc1c(C(=O)O)noc1NC(=O)OCC1c2ccccc2-c2ccccc21. The minimum atomic E-state index is -1.23. The predicted molar refractivity (Wildman–Crippen MR) is 96.9 cm³/mol. The molecule has 0 radical (unpaired) electrons. The van der Waals surface area contributed by atoms with E-state index in [1.54, 1.807) is 0 Å². The molecule has 1 aliphatic carbocycles. The molecule has 1 aromatic heterocycles. The van der Waals surface area contributed by atoms with Gasteiger partial charge in [-0.2, -0.15) is 0 Å². The van der Waals surface area contributed by atoms with Crippen LogP contribution in [0.15, 0.2) is 53.1 Å². The summed E-state index contributed by atoms with van der Waals surface area (Å²) in [6.07, 6.45) is -0.729. The first-order valence-corrected chi connectivity index (χ1v) is 8.38. The van der Waals surface area contributed by atoms with E-state index in [0.717, 1.165) is 22.3 Å². The topological polar surface area (TPSA) is 102 Å². The van der Waals surface area contributed by atoms with Crippen LogP contribution >= 0.6 is 0 Å². The number of aromatic nitrogens is 1. The normalized spacial score (nSPS) is 12.3. The Morgan fingerprint density at radius 2 is 1.70 bits per heavy atom. The lowest BCUT2D eigenvalue weighted by Crippen LogP contribution is -2.18. The molecule has 0 unspecified atom stereocenters. The zero-order valence-electron chi connectivity index (χ0n) is 14.4. The van der Waals surface area contributed by atoms with Crippen molar-refractivity contribution in [3.63, 3.8) is 0 Å². The van der Waals surface area contributed by atoms with Crippen molar-refractivity contribution in [1.82, 2.24) is 5.16 Å². The highest BCUT2D eigenvalue weighted by molar-refractivity contribution is 5.91. The van der Waals surface area contributed by atoms with E-state index in [4.69, 9.17) is 14.4 Å². The standard InChI is InChI=1S/C20H16N2O5/c1-11-17(19(23)24)22-27-18(11)21-20(25)26-10-16-14-8-4-2-6-12(14)13-7-3-5-9-15(13)16/h2-9,16H,10H2,1H3,(H,21,25)(H,23,24). The fraction of sp³-hybridized carbons (Fsp3) is 0.150. The second-order valence-electron chi connectivity index (χ2n) is 6.24. The Bertz CT molecular complexity index is 995. The molecule has 7 heteroatoms. The average molecular weight is 364 g/mol. The molecule has 0 atom stereocenters. The Hall–Kier alpha value is -3.61. The first-order valence-electron chi connectivity index (χ1n) is 8.38. The molecule has 2 aromatic carbocycles. The first kappa shape index (κ1) is 16.8. The van der Waals surface area contributed by atoms with Crippen LogP contribution in [-0.4, -0.2) is 28.9 Å². The van der Waals surface area contributed by atoms with Crippen molar-refractivity contribution in [1.29, 1.82) is 0 Å². The summed E-state index contributed by atoms with van der Waals surface area (Å²) in [5.41, 5.74) is 4.48. The van der Waals surface area contributed by atoms with Gasteiger partial charge < -0.3 is 14.4 Å². The molecular formula is C20H16N2O5. The molecule has 0 saturated heterocycles. The van der Waals surface area contributed by atoms with Gasteiger partial charge in [-0.25, -0.2) is 9.59 Å². The quantitative estimate of drug-likeness (QED) is 0.724. The van der Waals surface area contributed by atoms with Gasteiger partial charge in [0, 0.05) is 11.5 Å². The predicted octanol–water partition coefficient (Wildman–Crippen LogP) is 4.04. The summed E-state index contributed by atoms with van der Waals surface area (Å²) < 4.78 is 10.3. The number of rotatable bonds is 4. The number of hydrogen-bond donors (Lipinski definition) is 2. The number of carbonyl (C=O) groups excluding carboxylic acids is 1. The number of ether oxygens (including phenoxy) is 1. The monoisotopic (exact) mass is 364 g/mol. The van der Waals surface area contributed by atoms with Crippen molar-refractivity contribution in [2.75, 3.05) is 11.9 Å². The van der Waals surface area contributed by atoms with Crippen molar-refractivity contribution in [3.05, 3.63) is 70.9 Å². The maximum Gasteiger partial charge on any atom is 0.414 e. The number of amides is 1. The van der Waals surface area contributed by atoms with Crippen LogP contribution in [0.2, 0.25) is 0 Å². The summed E-state index contributed by atoms with van der Waals surface area (Å²) in [5.74, 6) is -1.32. The average Bonchev–Trinajstić information content (AvgIpc) is 3.18. The fourth-order valence-electron chi connectivity index (χ4n) is 3.38. The highest BCUT2D eigenvalue weighted by atomic mass is 16.6. The van der Waals surface area contributed by atoms with Crippen LogP contribution in [-0.2, 0) is 4.74 Å². The number of carboxylic acids is 1. The number of hydrogen-bond acceptors (Lipinski definition) is 5. The van der Waals surface area contributed by atoms with Gasteiger partial charge in [0.15, 0.2) is 5.69 Å². The van der Waals surface area contributed by atoms with Crippen molar-refractivity contribution in [2.24, 2.45) is 0 Å². The second-order valence-corrected chi connectivity index (χ2v) is 6.24. The maximum atomic E-state index is 12.2. The number of nitrogens with zero attached hydrogens (tertiary/aromatic N) is 1. The molecule has 136 valence electrons. The molecule has 2 N–H and O–H groups in total. The van der Waals surface area contributed by atoms with Gasteiger partial charge in [-0.15, -0.1) is 0 Å². The van der Waals surface area contributed by atoms with E-state index in [0.29, 0.717) is 0 Å². The molecule has 4 rings (SSSR count). The zero-order valence-corrected chi connectivity index (χ0v) is 14.4. The lowest BCUT2D eigenvalue weighted by atomic mass is 9.98. The Morgan fingerprint density at radius 1 is 1.11 bits per heavy atom. The Kier molecular flexibility index (Phi) is 4.12. The molecule has 0 saturated carbocycles. The Labute approximate surface area is 154 Å². The van der Waals surface area contributed by atoms with E-state index in [1.807, 2.05) is 36.4 Å². The van der Waals surface area contributed by atoms with Gasteiger partial charge in [0.05, 0.1) is 0 Å². The molecule has 0 bridgehead atoms. The molecule has 0 spiro atoms. The van der Waals surface area contributed by atoms with Crippen LogP contribution < -0.4 is 5.32 Å². The molecule has 1 aliphatic rings. The molecule has 1 amide bonds. The minimum Gasteiger partial charge on any atom is -0.476 e. The van der Waals surface area contributed by atoms with Gasteiger partial charge in [0.25, 0.3) is 0 Å². The summed E-state index contributed by atoms with van der Waals surface area (Å²) in [5, 5.41) is 14.8. The smallest absolute Gasteiger partial charge is 0.414 e. The summed E-state index contributed by atoms with van der Waals surface area (Å²) in [7, 11) is 0. The third-order valence-corrected chi connectivity index (χ3v) is 4.69. The maximum absolute atomic E-state index is 12.2. The van der Waals surface area contributed by atoms with Gasteiger partial charge in [-0.1, -0.05) is 53.7 Å². The number of benzene rings is 2. The number of anilines is 1. The third kappa shape index (κ3) is 2.93. The lowest BCUT2D eigenvalue weighted by Gasteiger charge is -2.14. The molecule has 0 fully saturated rings. The van der Waals surface area contributed by atoms with Crippen molar-refractivity contribution in [2.45, 2.75) is 12.8 Å². The van der Waals surface area contributed by atoms with Crippen molar-refractivity contribution >= 4 is 17.9 Å². The molecule has 3 aromatic rings. The van der Waals surface area contributed by atoms with Gasteiger partial charge in [-0.3, -0.25) is 5.32 Å². The highest BCUT2D eigenvalue weighted by Gasteiger charge is 2.29. The number of carboxylic acid groups (broad SMARTS) is 1. The van der Waals surface area contributed by atoms with Gasteiger partial charge in [0.2, 0.25) is 5.88 Å². The third-order valence-electron chi connectivity index (χ3n) is 4.69. The van der Waals surface area contributed by atoms with E-state index < -0.39 is 12.1 Å². The Morgan fingerprint density at radius 3 is 2.26 bits per heavy atom. The van der Waals surface area contributed by atoms with Gasteiger partial charge >= 0.3 is 12.1 Å². The zero-order chi connectivity index (χ0) is 19.0. The molecule has 27 heavy (non-hydrogen) atoms. The van der Waals surface area contributed by atoms with Crippen LogP contribution in [0.1, 0.15) is 33.1 Å². The summed E-state index contributed by atoms with van der Waals surface area (Å²) in [4.78, 5) is 23.1. The number of nitrogens with one attached hydrogen (secondary N) is 1. The van der Waals surface area contributed by atoms with Crippen molar-refractivity contribution < 1.29 is 24.0 Å². The van der Waals surface area contributed by atoms with Crippen LogP contribution in [0.25, 0.3) is 11.1 Å². The number of aromatic carboxylic acids is 1. The number of fused-ring (bicyclic) bond motifs is 3. The van der Waals surface area contributed by atoms with Crippen LogP contribution in [0.4, 0.5) is 10.7 Å². The summed E-state index contributed by atoms with van der Waals surface area (Å²) >= 11 is 0. The lowest BCUT2D eigenvalue weighted by molar-refractivity contribution is 0.0685. The van der Waals surface area contributed by atoms with Crippen LogP contribution in [0, 0.1) is 6.92 Å². The van der Waals surface area contributed by atoms with Gasteiger partial charge in [0.1, 0.15) is 6.61 Å². The van der Waals surface area contributed by atoms with E-state index in [1.165, 1.54) is 6.92 Å². The minimum absolute atomic E-state index is 0.0374. The fourth-order valence-corrected chi connectivity index (χ4v) is 3.38. The second kappa shape index (κ2) is 6.60. The van der Waals surface area contributed by atoms with E-state index >= 15 is 0 Å². The number of carbonyl (C=O) groups is 2. The highest BCUT2D eigenvalue weighted by Crippen LogP contribution is 2.44. The molecule has 7 nitrogen and oxygen atoms in total. The first-order chi connectivity index (χ1) is 13.1. The molecular weight excluding hydrogens is 348 g/mol. The van der Waals surface area contributed by atoms with Gasteiger partial charge in [-0.05, 0) is 29.2 Å². The van der Waals surface area contributed by atoms with Crippen LogP contribution in [0.5, 0.6) is 0 Å². The molecule has 1 heterocycles.